The Bertz CT molecular complexity index is 1030. The Hall–Kier alpha value is -2.94. The number of nitrogen functional groups attached to an aromatic ring is 1. The fraction of sp³-hybridized carbons (Fsp3) is 0.350. The van der Waals surface area contributed by atoms with E-state index in [0.29, 0.717) is 18.8 Å². The summed E-state index contributed by atoms with van der Waals surface area (Å²) in [4.78, 5) is 15.6. The van der Waals surface area contributed by atoms with E-state index in [1.54, 1.807) is 12.1 Å². The second kappa shape index (κ2) is 7.47. The van der Waals surface area contributed by atoms with E-state index < -0.39 is 16.0 Å². The number of hydrogen-bond donors (Lipinski definition) is 3. The number of piperazine rings is 1. The molecule has 1 saturated heterocycles. The Kier molecular flexibility index (Phi) is 4.99. The highest BCUT2D eigenvalue weighted by Crippen LogP contribution is 2.31. The van der Waals surface area contributed by atoms with Crippen LogP contribution >= 0.6 is 0 Å². The van der Waals surface area contributed by atoms with Gasteiger partial charge in [-0.1, -0.05) is 12.1 Å². The Morgan fingerprint density at radius 2 is 1.69 bits per heavy atom. The first-order valence-corrected chi connectivity index (χ1v) is 11.1. The van der Waals surface area contributed by atoms with E-state index in [9.17, 15) is 18.3 Å². The number of para-hydroxylation sites is 1. The van der Waals surface area contributed by atoms with Crippen LogP contribution in [-0.4, -0.2) is 50.9 Å². The topological polar surface area (TPSA) is 116 Å². The van der Waals surface area contributed by atoms with Crippen molar-refractivity contribution in [2.45, 2.75) is 18.1 Å². The predicted molar refractivity (Wildman–Crippen MR) is 114 cm³/mol. The molecule has 8 nitrogen and oxygen atoms in total. The molecular formula is C20H24N4O4S. The van der Waals surface area contributed by atoms with Crippen molar-refractivity contribution >= 4 is 38.7 Å². The molecule has 0 aromatic heterocycles. The third-order valence-electron chi connectivity index (χ3n) is 5.37. The van der Waals surface area contributed by atoms with Gasteiger partial charge in [-0.25, -0.2) is 13.2 Å². The number of anilines is 4. The molecule has 1 aliphatic heterocycles. The maximum Gasteiger partial charge on any atom is 0.337 e. The molecule has 9 heteroatoms. The van der Waals surface area contributed by atoms with Crippen molar-refractivity contribution in [2.75, 3.05) is 46.4 Å². The molecule has 1 aliphatic carbocycles. The van der Waals surface area contributed by atoms with E-state index in [0.717, 1.165) is 37.3 Å². The first-order chi connectivity index (χ1) is 13.8. The average Bonchev–Trinajstić information content (AvgIpc) is 3.54. The highest BCUT2D eigenvalue weighted by molar-refractivity contribution is 7.93. The van der Waals surface area contributed by atoms with Crippen LogP contribution in [0.3, 0.4) is 0 Å². The molecule has 0 atom stereocenters. The van der Waals surface area contributed by atoms with E-state index in [1.165, 1.54) is 6.07 Å². The Balaban J connectivity index is 1.44. The van der Waals surface area contributed by atoms with Crippen LogP contribution < -0.4 is 20.3 Å². The van der Waals surface area contributed by atoms with Crippen LogP contribution in [0.5, 0.6) is 0 Å². The van der Waals surface area contributed by atoms with Crippen molar-refractivity contribution in [3.8, 4) is 0 Å². The quantitative estimate of drug-likeness (QED) is 0.618. The normalized spacial score (nSPS) is 17.2. The summed E-state index contributed by atoms with van der Waals surface area (Å²) in [6, 6.07) is 12.5. The molecule has 0 radical (unpaired) electrons. The number of hydrogen-bond acceptors (Lipinski definition) is 6. The Morgan fingerprint density at radius 1 is 1.03 bits per heavy atom. The number of nitrogens with two attached hydrogens (primary N) is 1. The van der Waals surface area contributed by atoms with Crippen molar-refractivity contribution < 1.29 is 18.3 Å². The number of aromatic carboxylic acids is 1. The van der Waals surface area contributed by atoms with Gasteiger partial charge in [-0.15, -0.1) is 0 Å². The molecule has 4 N–H and O–H groups in total. The predicted octanol–water partition coefficient (Wildman–Crippen LogP) is 2.20. The number of benzene rings is 2. The molecule has 2 aromatic carbocycles. The summed E-state index contributed by atoms with van der Waals surface area (Å²) in [7, 11) is -3.29. The molecule has 0 unspecified atom stereocenters. The zero-order valence-electron chi connectivity index (χ0n) is 15.9. The summed E-state index contributed by atoms with van der Waals surface area (Å²) in [6.45, 7) is 2.81. The molecule has 4 rings (SSSR count). The molecule has 1 saturated carbocycles. The van der Waals surface area contributed by atoms with Gasteiger partial charge < -0.3 is 20.6 Å². The zero-order chi connectivity index (χ0) is 20.6. The first kappa shape index (κ1) is 19.4. The second-order valence-corrected chi connectivity index (χ2v) is 9.38. The van der Waals surface area contributed by atoms with Crippen molar-refractivity contribution in [3.05, 3.63) is 48.0 Å². The molecule has 2 aliphatic rings. The maximum absolute atomic E-state index is 12.2. The van der Waals surface area contributed by atoms with E-state index in [4.69, 9.17) is 5.73 Å². The van der Waals surface area contributed by atoms with Crippen LogP contribution in [0.15, 0.2) is 42.5 Å². The Morgan fingerprint density at radius 3 is 2.34 bits per heavy atom. The van der Waals surface area contributed by atoms with Gasteiger partial charge in [-0.3, -0.25) is 4.72 Å². The summed E-state index contributed by atoms with van der Waals surface area (Å²) in [5, 5.41) is 9.01. The maximum atomic E-state index is 12.2. The number of nitrogens with zero attached hydrogens (tertiary/aromatic N) is 2. The monoisotopic (exact) mass is 416 g/mol. The molecule has 2 fully saturated rings. The van der Waals surface area contributed by atoms with Gasteiger partial charge in [0.2, 0.25) is 10.0 Å². The summed E-state index contributed by atoms with van der Waals surface area (Å²) < 4.78 is 27.0. The van der Waals surface area contributed by atoms with Gasteiger partial charge in [0.05, 0.1) is 27.9 Å². The van der Waals surface area contributed by atoms with Crippen LogP contribution in [0.2, 0.25) is 0 Å². The molecule has 0 bridgehead atoms. The van der Waals surface area contributed by atoms with Gasteiger partial charge >= 0.3 is 5.97 Å². The van der Waals surface area contributed by atoms with Crippen molar-refractivity contribution in [3.63, 3.8) is 0 Å². The van der Waals surface area contributed by atoms with Crippen LogP contribution in [0, 0.1) is 0 Å². The third-order valence-corrected chi connectivity index (χ3v) is 7.24. The summed E-state index contributed by atoms with van der Waals surface area (Å²) in [5.41, 5.74) is 8.72. The molecule has 0 spiro atoms. The van der Waals surface area contributed by atoms with Crippen LogP contribution in [0.25, 0.3) is 0 Å². The van der Waals surface area contributed by atoms with Gasteiger partial charge in [-0.2, -0.15) is 0 Å². The summed E-state index contributed by atoms with van der Waals surface area (Å²) in [5.74, 6) is -1.03. The van der Waals surface area contributed by atoms with Gasteiger partial charge in [0.25, 0.3) is 0 Å². The second-order valence-electron chi connectivity index (χ2n) is 7.41. The van der Waals surface area contributed by atoms with Gasteiger partial charge in [-0.05, 0) is 43.2 Å². The minimum Gasteiger partial charge on any atom is -0.478 e. The van der Waals surface area contributed by atoms with Gasteiger partial charge in [0.15, 0.2) is 0 Å². The highest BCUT2D eigenvalue weighted by atomic mass is 32.2. The molecule has 29 heavy (non-hydrogen) atoms. The van der Waals surface area contributed by atoms with Crippen LogP contribution in [0.1, 0.15) is 23.2 Å². The number of rotatable bonds is 6. The van der Waals surface area contributed by atoms with Crippen molar-refractivity contribution in [1.82, 2.24) is 0 Å². The fourth-order valence-corrected chi connectivity index (χ4v) is 4.99. The first-order valence-electron chi connectivity index (χ1n) is 9.58. The average molecular weight is 417 g/mol. The van der Waals surface area contributed by atoms with Crippen molar-refractivity contribution in [1.29, 1.82) is 0 Å². The largest absolute Gasteiger partial charge is 0.478 e. The number of carboxylic acids is 1. The minimum absolute atomic E-state index is 0.112. The highest BCUT2D eigenvalue weighted by Gasteiger charge is 2.35. The van der Waals surface area contributed by atoms with Crippen LogP contribution in [-0.2, 0) is 10.0 Å². The van der Waals surface area contributed by atoms with Crippen molar-refractivity contribution in [2.24, 2.45) is 0 Å². The lowest BCUT2D eigenvalue weighted by Crippen LogP contribution is -2.46. The third kappa shape index (κ3) is 4.09. The van der Waals surface area contributed by atoms with E-state index in [2.05, 4.69) is 14.5 Å². The number of sulfonamides is 1. The van der Waals surface area contributed by atoms with E-state index in [1.807, 2.05) is 24.3 Å². The summed E-state index contributed by atoms with van der Waals surface area (Å²) in [6.07, 6.45) is 1.45. The molecule has 1 heterocycles. The Labute approximate surface area is 170 Å². The van der Waals surface area contributed by atoms with Gasteiger partial charge in [0.1, 0.15) is 0 Å². The number of carboxylic acid groups (broad SMARTS) is 1. The lowest BCUT2D eigenvalue weighted by Gasteiger charge is -2.38. The zero-order valence-corrected chi connectivity index (χ0v) is 16.7. The molecule has 154 valence electrons. The molecular weight excluding hydrogens is 392 g/mol. The smallest absolute Gasteiger partial charge is 0.337 e. The summed E-state index contributed by atoms with van der Waals surface area (Å²) >= 11 is 0. The van der Waals surface area contributed by atoms with Gasteiger partial charge in [0, 0.05) is 31.9 Å². The molecule has 0 amide bonds. The lowest BCUT2D eigenvalue weighted by atomic mass is 10.1. The molecule has 2 aromatic rings. The number of carbonyl (C=O) groups is 1. The fourth-order valence-electron chi connectivity index (χ4n) is 3.61. The van der Waals surface area contributed by atoms with E-state index in [-0.39, 0.29) is 16.5 Å². The SMILES string of the molecule is Nc1c(C(=O)O)cccc1N1CCN(c2cccc(NS(=O)(=O)C3CC3)c2)CC1. The minimum atomic E-state index is -3.29. The lowest BCUT2D eigenvalue weighted by molar-refractivity contribution is 0.0698. The van der Waals surface area contributed by atoms with Crippen LogP contribution in [0.4, 0.5) is 22.7 Å². The standard InChI is InChI=1S/C20H24N4O4S/c21-19-17(20(25)26)5-2-6-18(19)24-11-9-23(10-12-24)15-4-1-3-14(13-15)22-29(27,28)16-7-8-16/h1-6,13,16,22H,7-12,21H2,(H,25,26). The van der Waals surface area contributed by atoms with E-state index >= 15 is 0 Å². The number of nitrogens with one attached hydrogen (secondary N) is 1.